The average molecular weight is 462 g/mol. The van der Waals surface area contributed by atoms with Gasteiger partial charge in [-0.3, -0.25) is 0 Å². The third-order valence-corrected chi connectivity index (χ3v) is 6.69. The molecule has 33 heavy (non-hydrogen) atoms. The van der Waals surface area contributed by atoms with Crippen molar-refractivity contribution in [3.63, 3.8) is 0 Å². The zero-order chi connectivity index (χ0) is 23.9. The molecule has 0 aliphatic carbocycles. The highest BCUT2D eigenvalue weighted by molar-refractivity contribution is 5.33. The van der Waals surface area contributed by atoms with Crippen LogP contribution in [0.15, 0.2) is 48.5 Å². The van der Waals surface area contributed by atoms with E-state index in [1.807, 2.05) is 6.92 Å². The highest BCUT2D eigenvalue weighted by Crippen LogP contribution is 2.51. The van der Waals surface area contributed by atoms with E-state index in [4.69, 9.17) is 14.2 Å². The molecule has 0 saturated carbocycles. The van der Waals surface area contributed by atoms with Gasteiger partial charge in [-0.1, -0.05) is 31.2 Å². The number of hydrogen-bond acceptors (Lipinski definition) is 9. The molecule has 0 radical (unpaired) electrons. The molecule has 2 aliphatic rings. The predicted octanol–water partition coefficient (Wildman–Crippen LogP) is 0.771. The van der Waals surface area contributed by atoms with Crippen LogP contribution in [-0.2, 0) is 9.47 Å². The van der Waals surface area contributed by atoms with E-state index >= 15 is 0 Å². The molecule has 2 aliphatic heterocycles. The molecule has 0 aromatic heterocycles. The normalized spacial score (nSPS) is 38.9. The number of phenolic OH excluding ortho intramolecular Hbond substituents is 1. The summed E-state index contributed by atoms with van der Waals surface area (Å²) in [5, 5.41) is 60.0. The Balaban J connectivity index is 1.48. The van der Waals surface area contributed by atoms with Crippen LogP contribution in [0.1, 0.15) is 37.2 Å². The monoisotopic (exact) mass is 462 g/mol. The first kappa shape index (κ1) is 23.9. The maximum Gasteiger partial charge on any atom is 0.229 e. The van der Waals surface area contributed by atoms with Crippen molar-refractivity contribution in [2.45, 2.75) is 62.4 Å². The summed E-state index contributed by atoms with van der Waals surface area (Å²) in [5.74, 6) is 0.236. The minimum Gasteiger partial charge on any atom is -0.508 e. The highest BCUT2D eigenvalue weighted by Gasteiger charge is 2.51. The van der Waals surface area contributed by atoms with Crippen LogP contribution < -0.4 is 4.74 Å². The molecule has 4 rings (SSSR count). The number of aromatic hydroxyl groups is 1. The second kappa shape index (κ2) is 9.19. The summed E-state index contributed by atoms with van der Waals surface area (Å²) in [6.07, 6.45) is -7.79. The molecule has 0 unspecified atom stereocenters. The Bertz CT molecular complexity index is 928. The molecule has 0 bridgehead atoms. The standard InChI is InChI=1S/C24H30O9/c1-12-21(33-22(24(12,2)30)14-3-7-15(26)8-4-14)13-5-9-16(10-6-13)31-23-20(29)19(28)18(27)17(11-25)32-23/h3-10,12,17-23,25-30H,11H2,1-2H3/t12-,17-,18-,19+,20-,21+,22-,23+,24+/m1/s1. The lowest BCUT2D eigenvalue weighted by Crippen LogP contribution is -2.60. The van der Waals surface area contributed by atoms with Crippen molar-refractivity contribution in [3.8, 4) is 11.5 Å². The maximum absolute atomic E-state index is 11.2. The van der Waals surface area contributed by atoms with Gasteiger partial charge in [0.2, 0.25) is 6.29 Å². The van der Waals surface area contributed by atoms with Crippen molar-refractivity contribution >= 4 is 0 Å². The molecule has 0 amide bonds. The van der Waals surface area contributed by atoms with Crippen LogP contribution in [0.25, 0.3) is 0 Å². The first-order chi connectivity index (χ1) is 15.6. The summed E-state index contributed by atoms with van der Waals surface area (Å²) >= 11 is 0. The van der Waals surface area contributed by atoms with Gasteiger partial charge >= 0.3 is 0 Å². The minimum absolute atomic E-state index is 0.135. The van der Waals surface area contributed by atoms with E-state index in [2.05, 4.69) is 0 Å². The second-order valence-electron chi connectivity index (χ2n) is 8.93. The minimum atomic E-state index is -1.52. The lowest BCUT2D eigenvalue weighted by atomic mass is 9.81. The Morgan fingerprint density at radius 3 is 2.09 bits per heavy atom. The predicted molar refractivity (Wildman–Crippen MR) is 115 cm³/mol. The molecule has 2 saturated heterocycles. The third-order valence-electron chi connectivity index (χ3n) is 6.69. The summed E-state index contributed by atoms with van der Waals surface area (Å²) in [6.45, 7) is 3.10. The Morgan fingerprint density at radius 1 is 0.879 bits per heavy atom. The molecule has 9 nitrogen and oxygen atoms in total. The van der Waals surface area contributed by atoms with E-state index in [-0.39, 0.29) is 11.7 Å². The molecule has 9 heteroatoms. The van der Waals surface area contributed by atoms with Gasteiger partial charge in [-0.25, -0.2) is 0 Å². The summed E-state index contributed by atoms with van der Waals surface area (Å²) in [7, 11) is 0. The number of benzene rings is 2. The van der Waals surface area contributed by atoms with Gasteiger partial charge in [0.25, 0.3) is 0 Å². The van der Waals surface area contributed by atoms with Crippen molar-refractivity contribution in [2.24, 2.45) is 5.92 Å². The first-order valence-corrected chi connectivity index (χ1v) is 10.9. The second-order valence-corrected chi connectivity index (χ2v) is 8.93. The van der Waals surface area contributed by atoms with Gasteiger partial charge in [0.1, 0.15) is 42.0 Å². The highest BCUT2D eigenvalue weighted by atomic mass is 16.7. The van der Waals surface area contributed by atoms with E-state index in [0.29, 0.717) is 5.75 Å². The van der Waals surface area contributed by atoms with Crippen molar-refractivity contribution < 1.29 is 44.8 Å². The molecule has 2 aromatic carbocycles. The molecule has 2 aromatic rings. The van der Waals surface area contributed by atoms with Crippen LogP contribution in [0.4, 0.5) is 0 Å². The van der Waals surface area contributed by atoms with Crippen LogP contribution in [0.2, 0.25) is 0 Å². The van der Waals surface area contributed by atoms with Crippen LogP contribution >= 0.6 is 0 Å². The number of ether oxygens (including phenoxy) is 3. The molecule has 9 atom stereocenters. The lowest BCUT2D eigenvalue weighted by molar-refractivity contribution is -0.277. The van der Waals surface area contributed by atoms with E-state index < -0.39 is 55.1 Å². The maximum atomic E-state index is 11.2. The SMILES string of the molecule is C[C@@H]1[C@@H](c2ccc(O[C@H]3O[C@H](CO)[C@@H](O)[C@H](O)[C@H]3O)cc2)O[C@H](c2ccc(O)cc2)[C@@]1(C)O. The van der Waals surface area contributed by atoms with E-state index in [9.17, 15) is 30.6 Å². The van der Waals surface area contributed by atoms with E-state index in [1.54, 1.807) is 55.5 Å². The van der Waals surface area contributed by atoms with Gasteiger partial charge in [-0.15, -0.1) is 0 Å². The smallest absolute Gasteiger partial charge is 0.229 e. The fourth-order valence-electron chi connectivity index (χ4n) is 4.41. The van der Waals surface area contributed by atoms with Crippen molar-refractivity contribution in [3.05, 3.63) is 59.7 Å². The molecule has 2 fully saturated rings. The van der Waals surface area contributed by atoms with Crippen LogP contribution in [0, 0.1) is 5.92 Å². The number of aliphatic hydroxyl groups is 5. The zero-order valence-corrected chi connectivity index (χ0v) is 18.4. The number of rotatable bonds is 5. The third kappa shape index (κ3) is 4.45. The lowest BCUT2D eigenvalue weighted by Gasteiger charge is -2.39. The van der Waals surface area contributed by atoms with Gasteiger partial charge in [0.05, 0.1) is 18.3 Å². The number of aliphatic hydroxyl groups excluding tert-OH is 4. The molecule has 180 valence electrons. The van der Waals surface area contributed by atoms with Gasteiger partial charge in [0.15, 0.2) is 0 Å². The van der Waals surface area contributed by atoms with Crippen molar-refractivity contribution in [1.82, 2.24) is 0 Å². The Morgan fingerprint density at radius 2 is 1.48 bits per heavy atom. The number of phenols is 1. The summed E-state index contributed by atoms with van der Waals surface area (Å²) in [5.41, 5.74) is 0.424. The molecule has 2 heterocycles. The van der Waals surface area contributed by atoms with Gasteiger partial charge in [-0.2, -0.15) is 0 Å². The topological polar surface area (TPSA) is 149 Å². The largest absolute Gasteiger partial charge is 0.508 e. The summed E-state index contributed by atoms with van der Waals surface area (Å²) in [6, 6.07) is 13.4. The molecule has 6 N–H and O–H groups in total. The summed E-state index contributed by atoms with van der Waals surface area (Å²) in [4.78, 5) is 0. The van der Waals surface area contributed by atoms with E-state index in [1.165, 1.54) is 0 Å². The van der Waals surface area contributed by atoms with Crippen LogP contribution in [-0.4, -0.2) is 73.6 Å². The van der Waals surface area contributed by atoms with Crippen LogP contribution in [0.5, 0.6) is 11.5 Å². The van der Waals surface area contributed by atoms with Crippen molar-refractivity contribution in [1.29, 1.82) is 0 Å². The molecular weight excluding hydrogens is 432 g/mol. The molecular formula is C24H30O9. The van der Waals surface area contributed by atoms with Gasteiger partial charge < -0.3 is 44.8 Å². The van der Waals surface area contributed by atoms with Gasteiger partial charge in [0, 0.05) is 5.92 Å². The quantitative estimate of drug-likeness (QED) is 0.379. The van der Waals surface area contributed by atoms with E-state index in [0.717, 1.165) is 11.1 Å². The Labute approximate surface area is 191 Å². The fraction of sp³-hybridized carbons (Fsp3) is 0.500. The average Bonchev–Trinajstić information content (AvgIpc) is 3.04. The van der Waals surface area contributed by atoms with Crippen LogP contribution in [0.3, 0.4) is 0 Å². The Kier molecular flexibility index (Phi) is 6.66. The van der Waals surface area contributed by atoms with Crippen molar-refractivity contribution in [2.75, 3.05) is 6.61 Å². The zero-order valence-electron chi connectivity index (χ0n) is 18.4. The Hall–Kier alpha value is -2.24. The molecule has 0 spiro atoms. The first-order valence-electron chi connectivity index (χ1n) is 10.9. The fourth-order valence-corrected chi connectivity index (χ4v) is 4.41. The summed E-state index contributed by atoms with van der Waals surface area (Å²) < 4.78 is 17.2. The number of hydrogen-bond donors (Lipinski definition) is 6. The van der Waals surface area contributed by atoms with Gasteiger partial charge in [-0.05, 0) is 42.3 Å².